The Balaban J connectivity index is 1.46. The number of fused-ring (bicyclic) bond motifs is 8. The molecule has 0 fully saturated rings. The summed E-state index contributed by atoms with van der Waals surface area (Å²) in [5.41, 5.74) is 7.69. The lowest BCUT2D eigenvalue weighted by Gasteiger charge is -2.41. The Morgan fingerprint density at radius 1 is 0.553 bits per heavy atom. The van der Waals surface area contributed by atoms with Crippen molar-refractivity contribution in [2.24, 2.45) is 0 Å². The number of carbonyl (C=O) groups excluding carboxylic acids is 2. The van der Waals surface area contributed by atoms with Gasteiger partial charge in [0.25, 0.3) is 0 Å². The standard InChI is InChI=1S/C41H34N2O4/c1-3-46-36(44)23-40(30-17-9-7-15-28(30)38-32(40)21-26-13-5-11-19-34(26)42-38)25-41(24-37(45)47-4-2)31-18-10-8-16-29(31)39-33(41)22-27-14-6-12-20-35(27)43-39/h5-22H,3-4,23-25H2,1-2H3. The van der Waals surface area contributed by atoms with E-state index in [1.165, 1.54) is 0 Å². The van der Waals surface area contributed by atoms with Gasteiger partial charge in [-0.2, -0.15) is 0 Å². The lowest BCUT2D eigenvalue weighted by molar-refractivity contribution is -0.144. The third-order valence-electron chi connectivity index (χ3n) is 9.98. The molecule has 0 saturated heterocycles. The van der Waals surface area contributed by atoms with Gasteiger partial charge in [-0.25, -0.2) is 9.97 Å². The van der Waals surface area contributed by atoms with E-state index in [1.54, 1.807) is 0 Å². The molecule has 4 aromatic carbocycles. The van der Waals surface area contributed by atoms with Gasteiger partial charge >= 0.3 is 11.9 Å². The molecular formula is C41H34N2O4. The van der Waals surface area contributed by atoms with E-state index in [0.717, 1.165) is 66.6 Å². The van der Waals surface area contributed by atoms with E-state index in [4.69, 9.17) is 19.4 Å². The molecule has 47 heavy (non-hydrogen) atoms. The molecule has 6 aromatic rings. The zero-order valence-corrected chi connectivity index (χ0v) is 26.5. The Morgan fingerprint density at radius 2 is 0.957 bits per heavy atom. The first-order valence-electron chi connectivity index (χ1n) is 16.3. The smallest absolute Gasteiger partial charge is 0.307 e. The second-order valence-electron chi connectivity index (χ2n) is 12.6. The third-order valence-corrected chi connectivity index (χ3v) is 9.98. The molecule has 0 amide bonds. The molecule has 0 N–H and O–H groups in total. The molecule has 6 nitrogen and oxygen atoms in total. The molecule has 0 saturated carbocycles. The van der Waals surface area contributed by atoms with Gasteiger partial charge in [-0.1, -0.05) is 84.9 Å². The molecule has 2 aliphatic carbocycles. The van der Waals surface area contributed by atoms with Crippen molar-refractivity contribution in [1.82, 2.24) is 9.97 Å². The number of carbonyl (C=O) groups is 2. The van der Waals surface area contributed by atoms with Gasteiger partial charge < -0.3 is 9.47 Å². The summed E-state index contributed by atoms with van der Waals surface area (Å²) in [5, 5.41) is 1.98. The summed E-state index contributed by atoms with van der Waals surface area (Å²) in [4.78, 5) is 38.0. The monoisotopic (exact) mass is 618 g/mol. The highest BCUT2D eigenvalue weighted by Gasteiger charge is 2.55. The van der Waals surface area contributed by atoms with Gasteiger partial charge in [0.2, 0.25) is 0 Å². The van der Waals surface area contributed by atoms with Gasteiger partial charge in [0.15, 0.2) is 0 Å². The Hall–Kier alpha value is -5.36. The number of ether oxygens (including phenoxy) is 2. The van der Waals surface area contributed by atoms with Crippen molar-refractivity contribution < 1.29 is 19.1 Å². The largest absolute Gasteiger partial charge is 0.466 e. The van der Waals surface area contributed by atoms with Crippen molar-refractivity contribution in [2.45, 2.75) is 43.9 Å². The molecule has 6 heteroatoms. The van der Waals surface area contributed by atoms with E-state index in [-0.39, 0.29) is 38.0 Å². The van der Waals surface area contributed by atoms with Gasteiger partial charge in [-0.3, -0.25) is 9.59 Å². The van der Waals surface area contributed by atoms with Crippen LogP contribution in [0.5, 0.6) is 0 Å². The molecule has 0 spiro atoms. The molecule has 2 aliphatic rings. The average molecular weight is 619 g/mol. The summed E-state index contributed by atoms with van der Waals surface area (Å²) in [7, 11) is 0. The highest BCUT2D eigenvalue weighted by Crippen LogP contribution is 2.61. The Kier molecular flexibility index (Phi) is 6.90. The number of aromatic nitrogens is 2. The normalized spacial score (nSPS) is 18.8. The van der Waals surface area contributed by atoms with Gasteiger partial charge in [0.05, 0.1) is 48.5 Å². The lowest BCUT2D eigenvalue weighted by atomic mass is 9.60. The van der Waals surface area contributed by atoms with Gasteiger partial charge in [0, 0.05) is 32.7 Å². The second-order valence-corrected chi connectivity index (χ2v) is 12.6. The van der Waals surface area contributed by atoms with Crippen LogP contribution in [0.4, 0.5) is 0 Å². The van der Waals surface area contributed by atoms with Crippen molar-refractivity contribution in [1.29, 1.82) is 0 Å². The van der Waals surface area contributed by atoms with Crippen LogP contribution in [0.3, 0.4) is 0 Å². The fourth-order valence-electron chi connectivity index (χ4n) is 8.19. The van der Waals surface area contributed by atoms with Crippen LogP contribution in [0.1, 0.15) is 55.4 Å². The maximum absolute atomic E-state index is 13.8. The molecule has 0 bridgehead atoms. The molecule has 0 radical (unpaired) electrons. The number of pyridine rings is 2. The van der Waals surface area contributed by atoms with Crippen molar-refractivity contribution in [3.63, 3.8) is 0 Å². The minimum Gasteiger partial charge on any atom is -0.466 e. The number of nitrogens with zero attached hydrogens (tertiary/aromatic N) is 2. The van der Waals surface area contributed by atoms with Crippen LogP contribution in [-0.4, -0.2) is 35.1 Å². The quantitative estimate of drug-likeness (QED) is 0.160. The lowest BCUT2D eigenvalue weighted by Crippen LogP contribution is -2.41. The van der Waals surface area contributed by atoms with Crippen molar-refractivity contribution >= 4 is 33.7 Å². The van der Waals surface area contributed by atoms with Crippen molar-refractivity contribution in [3.05, 3.63) is 131 Å². The van der Waals surface area contributed by atoms with Crippen LogP contribution in [0.15, 0.2) is 109 Å². The number of rotatable bonds is 8. The van der Waals surface area contributed by atoms with Crippen molar-refractivity contribution in [3.8, 4) is 22.5 Å². The fraction of sp³-hybridized carbons (Fsp3) is 0.220. The first-order chi connectivity index (χ1) is 23.0. The van der Waals surface area contributed by atoms with Gasteiger partial charge in [-0.05, 0) is 66.8 Å². The van der Waals surface area contributed by atoms with E-state index < -0.39 is 10.8 Å². The van der Waals surface area contributed by atoms with E-state index in [0.29, 0.717) is 6.42 Å². The third kappa shape index (κ3) is 4.46. The fourth-order valence-corrected chi connectivity index (χ4v) is 8.19. The number of hydrogen-bond acceptors (Lipinski definition) is 6. The highest BCUT2D eigenvalue weighted by molar-refractivity contribution is 5.93. The topological polar surface area (TPSA) is 78.4 Å². The molecule has 2 heterocycles. The molecular weight excluding hydrogens is 584 g/mol. The molecule has 8 rings (SSSR count). The molecule has 0 aliphatic heterocycles. The predicted octanol–water partition coefficient (Wildman–Crippen LogP) is 8.31. The number of esters is 2. The Morgan fingerprint density at radius 3 is 1.40 bits per heavy atom. The van der Waals surface area contributed by atoms with Gasteiger partial charge in [0.1, 0.15) is 0 Å². The summed E-state index contributed by atoms with van der Waals surface area (Å²) in [6.07, 6.45) is 0.591. The predicted molar refractivity (Wildman–Crippen MR) is 183 cm³/mol. The summed E-state index contributed by atoms with van der Waals surface area (Å²) in [6, 6.07) is 37.0. The first kappa shape index (κ1) is 29.1. The first-order valence-corrected chi connectivity index (χ1v) is 16.3. The van der Waals surface area contributed by atoms with E-state index in [2.05, 4.69) is 48.5 Å². The Bertz CT molecular complexity index is 2070. The van der Waals surface area contributed by atoms with Crippen LogP contribution >= 0.6 is 0 Å². The SMILES string of the molecule is CCOC(=O)CC1(CC2(CC(=O)OCC)c3ccccc3-c3nc4ccccc4cc32)c2ccccc2-c2nc3ccccc3cc21. The second kappa shape index (κ2) is 11.2. The van der Waals surface area contributed by atoms with Crippen LogP contribution in [0, 0.1) is 0 Å². The van der Waals surface area contributed by atoms with Crippen LogP contribution in [-0.2, 0) is 29.9 Å². The number of benzene rings is 4. The van der Waals surface area contributed by atoms with E-state index in [1.807, 2.05) is 74.5 Å². The van der Waals surface area contributed by atoms with Crippen molar-refractivity contribution in [2.75, 3.05) is 13.2 Å². The molecule has 232 valence electrons. The maximum atomic E-state index is 13.8. The molecule has 2 unspecified atom stereocenters. The Labute approximate surface area is 273 Å². The minimum absolute atomic E-state index is 0.0912. The van der Waals surface area contributed by atoms with Crippen LogP contribution in [0.2, 0.25) is 0 Å². The zero-order valence-electron chi connectivity index (χ0n) is 26.5. The summed E-state index contributed by atoms with van der Waals surface area (Å²) >= 11 is 0. The number of hydrogen-bond donors (Lipinski definition) is 0. The van der Waals surface area contributed by atoms with Gasteiger partial charge in [-0.15, -0.1) is 0 Å². The maximum Gasteiger partial charge on any atom is 0.307 e. The summed E-state index contributed by atoms with van der Waals surface area (Å²) < 4.78 is 11.4. The van der Waals surface area contributed by atoms with Crippen LogP contribution < -0.4 is 0 Å². The van der Waals surface area contributed by atoms with E-state index in [9.17, 15) is 9.59 Å². The minimum atomic E-state index is -0.873. The number of para-hydroxylation sites is 2. The summed E-state index contributed by atoms with van der Waals surface area (Å²) in [6.45, 7) is 4.21. The van der Waals surface area contributed by atoms with E-state index >= 15 is 0 Å². The highest BCUT2D eigenvalue weighted by atomic mass is 16.5. The molecule has 2 aromatic heterocycles. The van der Waals surface area contributed by atoms with Crippen LogP contribution in [0.25, 0.3) is 44.3 Å². The molecule has 2 atom stereocenters. The summed E-state index contributed by atoms with van der Waals surface area (Å²) in [5.74, 6) is -0.588. The average Bonchev–Trinajstić information content (AvgIpc) is 3.49. The zero-order chi connectivity index (χ0) is 32.2.